The van der Waals surface area contributed by atoms with E-state index in [2.05, 4.69) is 45.6 Å². The Bertz CT molecular complexity index is 952. The predicted molar refractivity (Wildman–Crippen MR) is 138 cm³/mol. The number of hydrogen-bond donors (Lipinski definition) is 2. The number of aromatic nitrogens is 1. The highest BCUT2D eigenvalue weighted by atomic mass is 127. The van der Waals surface area contributed by atoms with Crippen LogP contribution in [-0.2, 0) is 6.54 Å². The van der Waals surface area contributed by atoms with E-state index in [0.717, 1.165) is 47.6 Å². The van der Waals surface area contributed by atoms with Gasteiger partial charge in [-0.3, -0.25) is 9.89 Å². The minimum atomic E-state index is 0. The first kappa shape index (κ1) is 23.7. The van der Waals surface area contributed by atoms with Crippen molar-refractivity contribution in [2.75, 3.05) is 26.7 Å². The minimum absolute atomic E-state index is 0. The summed E-state index contributed by atoms with van der Waals surface area (Å²) >= 11 is 1.73. The van der Waals surface area contributed by atoms with E-state index < -0.39 is 0 Å². The minimum Gasteiger partial charge on any atom is -0.468 e. The van der Waals surface area contributed by atoms with Crippen LogP contribution in [0.5, 0.6) is 0 Å². The zero-order valence-electron chi connectivity index (χ0n) is 18.0. The maximum atomic E-state index is 5.72. The molecule has 1 unspecified atom stereocenters. The molecule has 8 heteroatoms. The van der Waals surface area contributed by atoms with Gasteiger partial charge in [-0.05, 0) is 45.0 Å². The van der Waals surface area contributed by atoms with Gasteiger partial charge in [0, 0.05) is 24.0 Å². The zero-order valence-corrected chi connectivity index (χ0v) is 21.2. The third kappa shape index (κ3) is 6.08. The fraction of sp³-hybridized carbons (Fsp3) is 0.391. The van der Waals surface area contributed by atoms with Gasteiger partial charge in [0.05, 0.1) is 24.5 Å². The summed E-state index contributed by atoms with van der Waals surface area (Å²) in [5.74, 6) is 1.80. The van der Waals surface area contributed by atoms with Crippen molar-refractivity contribution in [1.29, 1.82) is 0 Å². The van der Waals surface area contributed by atoms with Gasteiger partial charge in [0.1, 0.15) is 10.8 Å². The van der Waals surface area contributed by atoms with Crippen LogP contribution in [0.3, 0.4) is 0 Å². The molecule has 2 N–H and O–H groups in total. The maximum absolute atomic E-state index is 5.72. The molecule has 2 aromatic heterocycles. The molecule has 6 nitrogen and oxygen atoms in total. The maximum Gasteiger partial charge on any atom is 0.191 e. The van der Waals surface area contributed by atoms with Crippen molar-refractivity contribution >= 4 is 41.3 Å². The van der Waals surface area contributed by atoms with Gasteiger partial charge in [-0.1, -0.05) is 30.3 Å². The number of benzene rings is 1. The Kier molecular flexibility index (Phi) is 8.91. The molecule has 4 rings (SSSR count). The lowest BCUT2D eigenvalue weighted by Gasteiger charge is -2.26. The van der Waals surface area contributed by atoms with E-state index in [-0.39, 0.29) is 30.0 Å². The number of hydrogen-bond acceptors (Lipinski definition) is 5. The van der Waals surface area contributed by atoms with E-state index >= 15 is 0 Å². The highest BCUT2D eigenvalue weighted by Gasteiger charge is 2.25. The molecule has 1 saturated heterocycles. The van der Waals surface area contributed by atoms with Gasteiger partial charge in [-0.2, -0.15) is 0 Å². The number of furan rings is 1. The van der Waals surface area contributed by atoms with Crippen molar-refractivity contribution in [3.63, 3.8) is 0 Å². The first-order chi connectivity index (χ1) is 14.7. The summed E-state index contributed by atoms with van der Waals surface area (Å²) in [4.78, 5) is 12.9. The van der Waals surface area contributed by atoms with E-state index in [9.17, 15) is 0 Å². The number of aliphatic imine (C=N–C) groups is 1. The average Bonchev–Trinajstić information content (AvgIpc) is 3.54. The van der Waals surface area contributed by atoms with Crippen molar-refractivity contribution in [3.05, 3.63) is 65.1 Å². The zero-order chi connectivity index (χ0) is 20.8. The van der Waals surface area contributed by atoms with Crippen LogP contribution < -0.4 is 10.6 Å². The molecule has 31 heavy (non-hydrogen) atoms. The van der Waals surface area contributed by atoms with Gasteiger partial charge in [-0.25, -0.2) is 4.98 Å². The summed E-state index contributed by atoms with van der Waals surface area (Å²) in [6.07, 6.45) is 4.25. The normalized spacial score (nSPS) is 15.5. The standard InChI is InChI=1S/C23H29N5OS.HI/c1-17-21(30-22(27-17)18-9-4-3-5-10-18)16-26-23(24-2)25-15-19(20-11-8-14-29-20)28-12-6-7-13-28;/h3-5,8-11,14,19H,6-7,12-13,15-16H2,1-2H3,(H2,24,25,26);1H. The second kappa shape index (κ2) is 11.6. The Hall–Kier alpha value is -1.91. The van der Waals surface area contributed by atoms with E-state index in [1.165, 1.54) is 17.7 Å². The van der Waals surface area contributed by atoms with Crippen LogP contribution in [0.2, 0.25) is 0 Å². The summed E-state index contributed by atoms with van der Waals surface area (Å²) in [6.45, 7) is 5.74. The molecule has 1 atom stereocenters. The van der Waals surface area contributed by atoms with Crippen LogP contribution in [0.15, 0.2) is 58.1 Å². The first-order valence-corrected chi connectivity index (χ1v) is 11.3. The summed E-state index contributed by atoms with van der Waals surface area (Å²) in [5, 5.41) is 7.98. The highest BCUT2D eigenvalue weighted by molar-refractivity contribution is 14.0. The number of thiazole rings is 1. The van der Waals surface area contributed by atoms with Gasteiger partial charge in [-0.15, -0.1) is 35.3 Å². The van der Waals surface area contributed by atoms with Gasteiger partial charge >= 0.3 is 0 Å². The quantitative estimate of drug-likeness (QED) is 0.250. The summed E-state index contributed by atoms with van der Waals surface area (Å²) in [7, 11) is 1.81. The summed E-state index contributed by atoms with van der Waals surface area (Å²) < 4.78 is 5.72. The number of nitrogens with zero attached hydrogens (tertiary/aromatic N) is 3. The number of guanidine groups is 1. The van der Waals surface area contributed by atoms with E-state index in [1.54, 1.807) is 17.6 Å². The molecule has 1 aromatic carbocycles. The average molecular weight is 551 g/mol. The largest absolute Gasteiger partial charge is 0.468 e. The molecule has 0 radical (unpaired) electrons. The lowest BCUT2D eigenvalue weighted by atomic mass is 10.2. The van der Waals surface area contributed by atoms with Crippen LogP contribution in [-0.4, -0.2) is 42.5 Å². The van der Waals surface area contributed by atoms with Crippen molar-refractivity contribution in [2.24, 2.45) is 4.99 Å². The molecule has 1 aliphatic heterocycles. The lowest BCUT2D eigenvalue weighted by Crippen LogP contribution is -2.42. The fourth-order valence-corrected chi connectivity index (χ4v) is 4.83. The predicted octanol–water partition coefficient (Wildman–Crippen LogP) is 4.83. The number of aryl methyl sites for hydroxylation is 1. The summed E-state index contributed by atoms with van der Waals surface area (Å²) in [6, 6.07) is 14.6. The highest BCUT2D eigenvalue weighted by Crippen LogP contribution is 2.28. The number of halogens is 1. The second-order valence-corrected chi connectivity index (χ2v) is 8.56. The Balaban J connectivity index is 0.00000272. The van der Waals surface area contributed by atoms with E-state index in [0.29, 0.717) is 6.54 Å². The molecule has 0 saturated carbocycles. The second-order valence-electron chi connectivity index (χ2n) is 7.47. The molecular weight excluding hydrogens is 521 g/mol. The van der Waals surface area contributed by atoms with Crippen LogP contribution in [0.25, 0.3) is 10.6 Å². The van der Waals surface area contributed by atoms with Crippen LogP contribution in [0.1, 0.15) is 35.2 Å². The monoisotopic (exact) mass is 551 g/mol. The topological polar surface area (TPSA) is 65.7 Å². The molecule has 1 fully saturated rings. The molecule has 166 valence electrons. The smallest absolute Gasteiger partial charge is 0.191 e. The summed E-state index contributed by atoms with van der Waals surface area (Å²) in [5.41, 5.74) is 2.22. The first-order valence-electron chi connectivity index (χ1n) is 10.5. The number of rotatable bonds is 7. The Morgan fingerprint density at radius 2 is 1.94 bits per heavy atom. The van der Waals surface area contributed by atoms with Crippen molar-refractivity contribution in [3.8, 4) is 10.6 Å². The fourth-order valence-electron chi connectivity index (χ4n) is 3.82. The van der Waals surface area contributed by atoms with Gasteiger partial charge < -0.3 is 15.1 Å². The Morgan fingerprint density at radius 1 is 1.16 bits per heavy atom. The molecule has 0 aliphatic carbocycles. The molecule has 1 aliphatic rings. The molecule has 0 bridgehead atoms. The Morgan fingerprint density at radius 3 is 2.61 bits per heavy atom. The van der Waals surface area contributed by atoms with Crippen molar-refractivity contribution in [1.82, 2.24) is 20.5 Å². The van der Waals surface area contributed by atoms with Crippen molar-refractivity contribution < 1.29 is 4.42 Å². The molecule has 3 aromatic rings. The van der Waals surface area contributed by atoms with Gasteiger partial charge in [0.25, 0.3) is 0 Å². The van der Waals surface area contributed by atoms with E-state index in [1.807, 2.05) is 31.3 Å². The van der Waals surface area contributed by atoms with Crippen molar-refractivity contribution in [2.45, 2.75) is 32.4 Å². The van der Waals surface area contributed by atoms with Gasteiger partial charge in [0.15, 0.2) is 5.96 Å². The lowest BCUT2D eigenvalue weighted by molar-refractivity contribution is 0.215. The Labute approximate surface area is 205 Å². The molecule has 0 spiro atoms. The molecular formula is C23H30IN5OS. The van der Waals surface area contributed by atoms with E-state index in [4.69, 9.17) is 9.40 Å². The third-order valence-corrected chi connectivity index (χ3v) is 6.68. The van der Waals surface area contributed by atoms with Gasteiger partial charge in [0.2, 0.25) is 0 Å². The van der Waals surface area contributed by atoms with Crippen LogP contribution >= 0.6 is 35.3 Å². The van der Waals surface area contributed by atoms with Crippen LogP contribution in [0.4, 0.5) is 0 Å². The third-order valence-electron chi connectivity index (χ3n) is 5.47. The molecule has 3 heterocycles. The SMILES string of the molecule is CN=C(NCc1sc(-c2ccccc2)nc1C)NCC(c1ccco1)N1CCCC1.I. The molecule has 0 amide bonds. The van der Waals surface area contributed by atoms with Crippen LogP contribution in [0, 0.1) is 6.92 Å². The number of likely N-dealkylation sites (tertiary alicyclic amines) is 1. The number of nitrogens with one attached hydrogen (secondary N) is 2.